The zero-order valence-corrected chi connectivity index (χ0v) is 19.6. The Morgan fingerprint density at radius 2 is 1.44 bits per heavy atom. The van der Waals surface area contributed by atoms with Gasteiger partial charge in [0.1, 0.15) is 0 Å². The first-order valence-corrected chi connectivity index (χ1v) is 12.1. The standard InChI is InChI=1S/C29H32N4O/c30-22-25-12-4-5-13-26(25)27-14-6-7-15-28(27)29(34)31-16-8-9-17-32-18-20-33(21-19-32)23-24-10-2-1-3-11-24/h1-7,10-15H,8-9,16-21,23H2,(H,31,34). The van der Waals surface area contributed by atoms with E-state index in [4.69, 9.17) is 0 Å². The SMILES string of the molecule is N#Cc1ccccc1-c1ccccc1C(=O)NCCCCN1CCN(Cc2ccccc2)CC1. The summed E-state index contributed by atoms with van der Waals surface area (Å²) in [5, 5.41) is 12.5. The molecule has 34 heavy (non-hydrogen) atoms. The smallest absolute Gasteiger partial charge is 0.251 e. The van der Waals surface area contributed by atoms with Crippen LogP contribution >= 0.6 is 0 Å². The molecular formula is C29H32N4O. The van der Waals surface area contributed by atoms with Gasteiger partial charge in [-0.2, -0.15) is 5.26 Å². The number of piperazine rings is 1. The van der Waals surface area contributed by atoms with Gasteiger partial charge in [-0.05, 0) is 42.6 Å². The lowest BCUT2D eigenvalue weighted by molar-refractivity contribution is 0.0952. The van der Waals surface area contributed by atoms with E-state index in [1.807, 2.05) is 42.5 Å². The molecule has 5 nitrogen and oxygen atoms in total. The van der Waals surface area contributed by atoms with E-state index in [1.165, 1.54) is 5.56 Å². The maximum absolute atomic E-state index is 12.9. The first kappa shape index (κ1) is 23.7. The summed E-state index contributed by atoms with van der Waals surface area (Å²) in [4.78, 5) is 17.9. The summed E-state index contributed by atoms with van der Waals surface area (Å²) in [7, 11) is 0. The van der Waals surface area contributed by atoms with Gasteiger partial charge in [-0.3, -0.25) is 9.69 Å². The molecule has 5 heteroatoms. The highest BCUT2D eigenvalue weighted by Gasteiger charge is 2.17. The number of amides is 1. The number of nitrogens with one attached hydrogen (secondary N) is 1. The summed E-state index contributed by atoms with van der Waals surface area (Å²) in [6.07, 6.45) is 2.02. The molecular weight excluding hydrogens is 420 g/mol. The monoisotopic (exact) mass is 452 g/mol. The lowest BCUT2D eigenvalue weighted by atomic mass is 9.95. The summed E-state index contributed by atoms with van der Waals surface area (Å²) in [5.41, 5.74) is 4.16. The van der Waals surface area contributed by atoms with E-state index in [1.54, 1.807) is 6.07 Å². The average Bonchev–Trinajstić information content (AvgIpc) is 2.90. The molecule has 0 aliphatic carbocycles. The van der Waals surface area contributed by atoms with Crippen molar-refractivity contribution in [1.82, 2.24) is 15.1 Å². The van der Waals surface area contributed by atoms with Crippen molar-refractivity contribution < 1.29 is 4.79 Å². The number of hydrogen-bond donors (Lipinski definition) is 1. The number of hydrogen-bond acceptors (Lipinski definition) is 4. The van der Waals surface area contributed by atoms with Gasteiger partial charge in [-0.25, -0.2) is 0 Å². The molecule has 0 saturated carbocycles. The van der Waals surface area contributed by atoms with Crippen molar-refractivity contribution >= 4 is 5.91 Å². The van der Waals surface area contributed by atoms with E-state index in [-0.39, 0.29) is 5.91 Å². The van der Waals surface area contributed by atoms with Crippen molar-refractivity contribution in [1.29, 1.82) is 5.26 Å². The predicted molar refractivity (Wildman–Crippen MR) is 136 cm³/mol. The number of unbranched alkanes of at least 4 members (excludes halogenated alkanes) is 1. The van der Waals surface area contributed by atoms with Crippen molar-refractivity contribution in [3.8, 4) is 17.2 Å². The number of nitriles is 1. The summed E-state index contributed by atoms with van der Waals surface area (Å²) in [5.74, 6) is -0.0853. The normalized spacial score (nSPS) is 14.4. The molecule has 1 aliphatic rings. The fraction of sp³-hybridized carbons (Fsp3) is 0.310. The van der Waals surface area contributed by atoms with Gasteiger partial charge in [0.25, 0.3) is 5.91 Å². The van der Waals surface area contributed by atoms with Crippen LogP contribution < -0.4 is 5.32 Å². The van der Waals surface area contributed by atoms with E-state index in [0.717, 1.165) is 63.2 Å². The summed E-state index contributed by atoms with van der Waals surface area (Å²) in [6, 6.07) is 27.8. The van der Waals surface area contributed by atoms with Gasteiger partial charge in [0.2, 0.25) is 0 Å². The molecule has 0 atom stereocenters. The van der Waals surface area contributed by atoms with Gasteiger partial charge < -0.3 is 10.2 Å². The fourth-order valence-corrected chi connectivity index (χ4v) is 4.50. The molecule has 1 aliphatic heterocycles. The van der Waals surface area contributed by atoms with Crippen LogP contribution in [0.25, 0.3) is 11.1 Å². The Labute approximate surface area is 202 Å². The van der Waals surface area contributed by atoms with Crippen molar-refractivity contribution in [2.75, 3.05) is 39.3 Å². The molecule has 174 valence electrons. The van der Waals surface area contributed by atoms with Crippen LogP contribution in [0.1, 0.15) is 34.3 Å². The molecule has 0 aromatic heterocycles. The lowest BCUT2D eigenvalue weighted by Gasteiger charge is -2.34. The number of benzene rings is 3. The lowest BCUT2D eigenvalue weighted by Crippen LogP contribution is -2.46. The molecule has 4 rings (SSSR count). The van der Waals surface area contributed by atoms with Crippen molar-refractivity contribution in [3.05, 3.63) is 95.6 Å². The Kier molecular flexibility index (Phi) is 8.45. The Bertz CT molecular complexity index is 1110. The van der Waals surface area contributed by atoms with Gasteiger partial charge in [0, 0.05) is 50.4 Å². The first-order valence-electron chi connectivity index (χ1n) is 12.1. The maximum Gasteiger partial charge on any atom is 0.251 e. The summed E-state index contributed by atoms with van der Waals surface area (Å²) in [6.45, 7) is 7.16. The fourth-order valence-electron chi connectivity index (χ4n) is 4.50. The van der Waals surface area contributed by atoms with Gasteiger partial charge >= 0.3 is 0 Å². The van der Waals surface area contributed by atoms with Crippen LogP contribution in [0.4, 0.5) is 0 Å². The van der Waals surface area contributed by atoms with E-state index in [9.17, 15) is 10.1 Å². The topological polar surface area (TPSA) is 59.4 Å². The number of rotatable bonds is 9. The summed E-state index contributed by atoms with van der Waals surface area (Å²) >= 11 is 0. The molecule has 3 aromatic carbocycles. The summed E-state index contributed by atoms with van der Waals surface area (Å²) < 4.78 is 0. The van der Waals surface area contributed by atoms with Crippen molar-refractivity contribution in [3.63, 3.8) is 0 Å². The predicted octanol–water partition coefficient (Wildman–Crippen LogP) is 4.55. The quantitative estimate of drug-likeness (QED) is 0.484. The number of carbonyl (C=O) groups excluding carboxylic acids is 1. The van der Waals surface area contributed by atoms with Crippen LogP contribution in [0, 0.1) is 11.3 Å². The van der Waals surface area contributed by atoms with Crippen molar-refractivity contribution in [2.24, 2.45) is 0 Å². The molecule has 0 radical (unpaired) electrons. The largest absolute Gasteiger partial charge is 0.352 e. The minimum atomic E-state index is -0.0853. The molecule has 1 N–H and O–H groups in total. The molecule has 1 amide bonds. The Morgan fingerprint density at radius 1 is 0.794 bits per heavy atom. The zero-order chi connectivity index (χ0) is 23.6. The molecule has 0 unspecified atom stereocenters. The van der Waals surface area contributed by atoms with Crippen LogP contribution in [-0.4, -0.2) is 55.0 Å². The first-order chi connectivity index (χ1) is 16.7. The zero-order valence-electron chi connectivity index (χ0n) is 19.6. The van der Waals surface area contributed by atoms with Crippen LogP contribution in [0.5, 0.6) is 0 Å². The molecule has 1 heterocycles. The Hall–Kier alpha value is -3.46. The average molecular weight is 453 g/mol. The van der Waals surface area contributed by atoms with Crippen LogP contribution in [0.3, 0.4) is 0 Å². The third-order valence-corrected chi connectivity index (χ3v) is 6.41. The van der Waals surface area contributed by atoms with Crippen LogP contribution in [0.2, 0.25) is 0 Å². The van der Waals surface area contributed by atoms with E-state index in [2.05, 4.69) is 51.5 Å². The minimum Gasteiger partial charge on any atom is -0.352 e. The van der Waals surface area contributed by atoms with E-state index < -0.39 is 0 Å². The van der Waals surface area contributed by atoms with Gasteiger partial charge in [0.15, 0.2) is 0 Å². The number of nitrogens with zero attached hydrogens (tertiary/aromatic N) is 3. The number of carbonyl (C=O) groups is 1. The van der Waals surface area contributed by atoms with E-state index in [0.29, 0.717) is 17.7 Å². The highest BCUT2D eigenvalue weighted by Crippen LogP contribution is 2.26. The molecule has 0 bridgehead atoms. The minimum absolute atomic E-state index is 0.0853. The third-order valence-electron chi connectivity index (χ3n) is 6.41. The second kappa shape index (κ2) is 12.1. The molecule has 3 aromatic rings. The second-order valence-electron chi connectivity index (χ2n) is 8.77. The molecule has 1 saturated heterocycles. The highest BCUT2D eigenvalue weighted by molar-refractivity contribution is 6.01. The third kappa shape index (κ3) is 6.32. The Balaban J connectivity index is 1.19. The van der Waals surface area contributed by atoms with Gasteiger partial charge in [-0.1, -0.05) is 66.7 Å². The maximum atomic E-state index is 12.9. The second-order valence-corrected chi connectivity index (χ2v) is 8.77. The molecule has 1 fully saturated rings. The van der Waals surface area contributed by atoms with Gasteiger partial charge in [-0.15, -0.1) is 0 Å². The van der Waals surface area contributed by atoms with Crippen LogP contribution in [0.15, 0.2) is 78.9 Å². The van der Waals surface area contributed by atoms with Crippen LogP contribution in [-0.2, 0) is 6.54 Å². The van der Waals surface area contributed by atoms with Gasteiger partial charge in [0.05, 0.1) is 11.6 Å². The van der Waals surface area contributed by atoms with E-state index >= 15 is 0 Å². The highest BCUT2D eigenvalue weighted by atomic mass is 16.1. The molecule has 0 spiro atoms. The van der Waals surface area contributed by atoms with Crippen molar-refractivity contribution in [2.45, 2.75) is 19.4 Å². The Morgan fingerprint density at radius 3 is 2.21 bits per heavy atom.